The van der Waals surface area contributed by atoms with Crippen molar-refractivity contribution in [1.82, 2.24) is 9.55 Å². The molecule has 0 unspecified atom stereocenters. The summed E-state index contributed by atoms with van der Waals surface area (Å²) >= 11 is 1.48. The highest BCUT2D eigenvalue weighted by atomic mass is 32.2. The Bertz CT molecular complexity index is 842. The van der Waals surface area contributed by atoms with Crippen LogP contribution >= 0.6 is 11.8 Å². The Morgan fingerprint density at radius 3 is 2.83 bits per heavy atom. The van der Waals surface area contributed by atoms with Gasteiger partial charge < -0.3 is 9.30 Å². The lowest BCUT2D eigenvalue weighted by molar-refractivity contribution is 0.102. The highest BCUT2D eigenvalue weighted by Crippen LogP contribution is 2.25. The summed E-state index contributed by atoms with van der Waals surface area (Å²) in [5.74, 6) is 1.13. The molecular formula is C18H18N2O2S. The number of ketones is 1. The summed E-state index contributed by atoms with van der Waals surface area (Å²) in [6.45, 7) is 2.91. The molecule has 0 amide bonds. The van der Waals surface area contributed by atoms with Gasteiger partial charge in [-0.1, -0.05) is 36.0 Å². The van der Waals surface area contributed by atoms with Crippen molar-refractivity contribution in [2.75, 3.05) is 12.9 Å². The number of rotatable bonds is 6. The number of fused-ring (bicyclic) bond motifs is 1. The second-order valence-electron chi connectivity index (χ2n) is 5.07. The predicted molar refractivity (Wildman–Crippen MR) is 93.5 cm³/mol. The SMILES string of the molecule is CCn1c(SCC(=O)c2cccc(OC)c2)nc2ccccc21. The summed E-state index contributed by atoms with van der Waals surface area (Å²) in [4.78, 5) is 17.0. The molecule has 118 valence electrons. The van der Waals surface area contributed by atoms with E-state index in [9.17, 15) is 4.79 Å². The van der Waals surface area contributed by atoms with Gasteiger partial charge in [-0.2, -0.15) is 0 Å². The van der Waals surface area contributed by atoms with Gasteiger partial charge in [0.25, 0.3) is 0 Å². The zero-order valence-electron chi connectivity index (χ0n) is 13.2. The fourth-order valence-electron chi connectivity index (χ4n) is 2.48. The normalized spacial score (nSPS) is 10.9. The number of carbonyl (C=O) groups is 1. The Kier molecular flexibility index (Phi) is 4.67. The number of carbonyl (C=O) groups excluding carboxylic acids is 1. The lowest BCUT2D eigenvalue weighted by Crippen LogP contribution is -2.04. The molecule has 23 heavy (non-hydrogen) atoms. The number of ether oxygens (including phenoxy) is 1. The van der Waals surface area contributed by atoms with Gasteiger partial charge in [0.05, 0.1) is 23.9 Å². The van der Waals surface area contributed by atoms with Crippen LogP contribution in [0.15, 0.2) is 53.7 Å². The van der Waals surface area contributed by atoms with Crippen LogP contribution in [0.1, 0.15) is 17.3 Å². The minimum atomic E-state index is 0.0728. The number of hydrogen-bond donors (Lipinski definition) is 0. The van der Waals surface area contributed by atoms with Crippen molar-refractivity contribution in [2.24, 2.45) is 0 Å². The second kappa shape index (κ2) is 6.87. The van der Waals surface area contributed by atoms with E-state index in [-0.39, 0.29) is 5.78 Å². The van der Waals surface area contributed by atoms with Crippen LogP contribution in [0, 0.1) is 0 Å². The maximum Gasteiger partial charge on any atom is 0.173 e. The highest BCUT2D eigenvalue weighted by molar-refractivity contribution is 7.99. The van der Waals surface area contributed by atoms with Gasteiger partial charge in [-0.25, -0.2) is 4.98 Å². The molecule has 0 N–H and O–H groups in total. The zero-order chi connectivity index (χ0) is 16.2. The third-order valence-corrected chi connectivity index (χ3v) is 4.64. The second-order valence-corrected chi connectivity index (χ2v) is 6.01. The average Bonchev–Trinajstić information content (AvgIpc) is 2.97. The molecule has 1 aromatic heterocycles. The van der Waals surface area contributed by atoms with Crippen LogP contribution in [0.4, 0.5) is 0 Å². The van der Waals surface area contributed by atoms with Crippen LogP contribution in [-0.2, 0) is 6.54 Å². The third kappa shape index (κ3) is 3.24. The minimum Gasteiger partial charge on any atom is -0.497 e. The molecule has 0 atom stereocenters. The van der Waals surface area contributed by atoms with Crippen LogP contribution in [0.3, 0.4) is 0 Å². The molecule has 2 aromatic carbocycles. The van der Waals surface area contributed by atoms with Crippen molar-refractivity contribution in [2.45, 2.75) is 18.6 Å². The number of methoxy groups -OCH3 is 1. The molecule has 3 rings (SSSR count). The monoisotopic (exact) mass is 326 g/mol. The molecule has 0 saturated heterocycles. The first-order valence-electron chi connectivity index (χ1n) is 7.48. The first kappa shape index (κ1) is 15.6. The molecule has 0 bridgehead atoms. The summed E-state index contributed by atoms with van der Waals surface area (Å²) in [5, 5.41) is 0.880. The van der Waals surface area contributed by atoms with Crippen LogP contribution in [0.25, 0.3) is 11.0 Å². The topological polar surface area (TPSA) is 44.1 Å². The number of hydrogen-bond acceptors (Lipinski definition) is 4. The van der Waals surface area contributed by atoms with Crippen molar-refractivity contribution in [3.05, 3.63) is 54.1 Å². The van der Waals surface area contributed by atoms with Gasteiger partial charge in [0.2, 0.25) is 0 Å². The average molecular weight is 326 g/mol. The molecule has 0 radical (unpaired) electrons. The van der Waals surface area contributed by atoms with E-state index in [4.69, 9.17) is 4.74 Å². The lowest BCUT2D eigenvalue weighted by Gasteiger charge is -2.06. The van der Waals surface area contributed by atoms with Gasteiger partial charge in [0.1, 0.15) is 5.75 Å². The summed E-state index contributed by atoms with van der Waals surface area (Å²) in [5.41, 5.74) is 2.73. The summed E-state index contributed by atoms with van der Waals surface area (Å²) < 4.78 is 7.31. The Balaban J connectivity index is 1.78. The minimum absolute atomic E-state index is 0.0728. The maximum atomic E-state index is 12.4. The first-order chi connectivity index (χ1) is 11.2. The van der Waals surface area contributed by atoms with Crippen molar-refractivity contribution in [3.63, 3.8) is 0 Å². The summed E-state index contributed by atoms with van der Waals surface area (Å²) in [6.07, 6.45) is 0. The van der Waals surface area contributed by atoms with Crippen LogP contribution in [-0.4, -0.2) is 28.2 Å². The standard InChI is InChI=1S/C18H18N2O2S/c1-3-20-16-10-5-4-9-15(16)19-18(20)23-12-17(21)13-7-6-8-14(11-13)22-2/h4-11H,3,12H2,1-2H3. The van der Waals surface area contributed by atoms with Gasteiger partial charge in [0, 0.05) is 12.1 Å². The van der Waals surface area contributed by atoms with Crippen LogP contribution in [0.5, 0.6) is 5.75 Å². The number of aryl methyl sites for hydroxylation is 1. The maximum absolute atomic E-state index is 12.4. The number of nitrogens with zero attached hydrogens (tertiary/aromatic N) is 2. The molecule has 1 heterocycles. The molecule has 0 aliphatic heterocycles. The Hall–Kier alpha value is -2.27. The van der Waals surface area contributed by atoms with Crippen molar-refractivity contribution < 1.29 is 9.53 Å². The van der Waals surface area contributed by atoms with E-state index in [1.807, 2.05) is 36.4 Å². The molecular weight excluding hydrogens is 308 g/mol. The molecule has 0 saturated carbocycles. The first-order valence-corrected chi connectivity index (χ1v) is 8.46. The number of imidazole rings is 1. The van der Waals surface area contributed by atoms with Crippen LogP contribution < -0.4 is 4.74 Å². The number of para-hydroxylation sites is 2. The van der Waals surface area contributed by atoms with E-state index in [1.54, 1.807) is 13.2 Å². The molecule has 0 aliphatic rings. The Labute approximate surface area is 139 Å². The lowest BCUT2D eigenvalue weighted by atomic mass is 10.1. The number of thioether (sulfide) groups is 1. The van der Waals surface area contributed by atoms with E-state index >= 15 is 0 Å². The van der Waals surface area contributed by atoms with Crippen molar-refractivity contribution in [1.29, 1.82) is 0 Å². The molecule has 3 aromatic rings. The molecule has 4 nitrogen and oxygen atoms in total. The highest BCUT2D eigenvalue weighted by Gasteiger charge is 2.13. The summed E-state index contributed by atoms with van der Waals surface area (Å²) in [7, 11) is 1.60. The van der Waals surface area contributed by atoms with Crippen molar-refractivity contribution >= 4 is 28.6 Å². The van der Waals surface area contributed by atoms with E-state index in [1.165, 1.54) is 11.8 Å². The molecule has 5 heteroatoms. The third-order valence-electron chi connectivity index (χ3n) is 3.66. The van der Waals surface area contributed by atoms with Gasteiger partial charge in [-0.05, 0) is 31.2 Å². The van der Waals surface area contributed by atoms with E-state index in [2.05, 4.69) is 22.5 Å². The van der Waals surface area contributed by atoms with Crippen LogP contribution in [0.2, 0.25) is 0 Å². The van der Waals surface area contributed by atoms with Gasteiger partial charge in [-0.15, -0.1) is 0 Å². The smallest absolute Gasteiger partial charge is 0.173 e. The van der Waals surface area contributed by atoms with Gasteiger partial charge >= 0.3 is 0 Å². The fourth-order valence-corrected chi connectivity index (χ4v) is 3.45. The van der Waals surface area contributed by atoms with E-state index < -0.39 is 0 Å². The quantitative estimate of drug-likeness (QED) is 0.506. The summed E-state index contributed by atoms with van der Waals surface area (Å²) in [6, 6.07) is 15.3. The van der Waals surface area contributed by atoms with Gasteiger partial charge in [0.15, 0.2) is 10.9 Å². The molecule has 0 aliphatic carbocycles. The molecule has 0 spiro atoms. The Morgan fingerprint density at radius 2 is 2.04 bits per heavy atom. The fraction of sp³-hybridized carbons (Fsp3) is 0.222. The number of Topliss-reactive ketones (excluding diaryl/α,β-unsaturated/α-hetero) is 1. The zero-order valence-corrected chi connectivity index (χ0v) is 14.0. The molecule has 0 fully saturated rings. The van der Waals surface area contributed by atoms with Gasteiger partial charge in [-0.3, -0.25) is 4.79 Å². The van der Waals surface area contributed by atoms with Crippen molar-refractivity contribution in [3.8, 4) is 5.75 Å². The Morgan fingerprint density at radius 1 is 1.22 bits per heavy atom. The van der Waals surface area contributed by atoms with E-state index in [0.717, 1.165) is 22.7 Å². The van der Waals surface area contributed by atoms with E-state index in [0.29, 0.717) is 17.1 Å². The largest absolute Gasteiger partial charge is 0.497 e. The number of aromatic nitrogens is 2. The predicted octanol–water partition coefficient (Wildman–Crippen LogP) is 4.04. The number of benzene rings is 2.